The number of halogens is 1. The first-order valence-corrected chi connectivity index (χ1v) is 10.6. The average Bonchev–Trinajstić information content (AvgIpc) is 3.37. The molecule has 0 spiro atoms. The summed E-state index contributed by atoms with van der Waals surface area (Å²) in [4.78, 5) is 26.7. The predicted molar refractivity (Wildman–Crippen MR) is 113 cm³/mol. The van der Waals surface area contributed by atoms with Crippen LogP contribution >= 0.6 is 35.5 Å². The second kappa shape index (κ2) is 9.10. The van der Waals surface area contributed by atoms with E-state index >= 15 is 0 Å². The van der Waals surface area contributed by atoms with Crippen LogP contribution in [0.25, 0.3) is 0 Å². The lowest BCUT2D eigenvalue weighted by Crippen LogP contribution is -2.31. The van der Waals surface area contributed by atoms with Crippen molar-refractivity contribution in [2.24, 2.45) is 11.8 Å². The molecule has 1 aromatic heterocycles. The van der Waals surface area contributed by atoms with E-state index < -0.39 is 0 Å². The van der Waals surface area contributed by atoms with Gasteiger partial charge < -0.3 is 15.5 Å². The van der Waals surface area contributed by atoms with Gasteiger partial charge in [0.15, 0.2) is 0 Å². The van der Waals surface area contributed by atoms with Gasteiger partial charge in [0.1, 0.15) is 0 Å². The molecular weight excluding hydrogens is 402 g/mol. The number of amides is 2. The van der Waals surface area contributed by atoms with E-state index in [1.807, 2.05) is 22.4 Å². The summed E-state index contributed by atoms with van der Waals surface area (Å²) < 4.78 is 1.13. The van der Waals surface area contributed by atoms with Gasteiger partial charge in [-0.15, -0.1) is 35.5 Å². The van der Waals surface area contributed by atoms with Gasteiger partial charge in [0, 0.05) is 37.4 Å². The van der Waals surface area contributed by atoms with Crippen LogP contribution in [0.2, 0.25) is 0 Å². The van der Waals surface area contributed by atoms with Gasteiger partial charge >= 0.3 is 0 Å². The van der Waals surface area contributed by atoms with Gasteiger partial charge in [-0.2, -0.15) is 0 Å². The van der Waals surface area contributed by atoms with Crippen molar-refractivity contribution in [2.45, 2.75) is 4.21 Å². The van der Waals surface area contributed by atoms with Crippen LogP contribution in [0.1, 0.15) is 10.4 Å². The molecule has 8 heteroatoms. The van der Waals surface area contributed by atoms with Crippen LogP contribution in [0.5, 0.6) is 0 Å². The fraction of sp³-hybridized carbons (Fsp3) is 0.368. The topological polar surface area (TPSA) is 61.4 Å². The van der Waals surface area contributed by atoms with Gasteiger partial charge in [0.05, 0.1) is 9.96 Å². The number of likely N-dealkylation sites (tertiary alicyclic amines) is 1. The fourth-order valence-electron chi connectivity index (χ4n) is 3.58. The molecule has 0 bridgehead atoms. The number of anilines is 1. The second-order valence-corrected chi connectivity index (χ2v) is 8.96. The maximum absolute atomic E-state index is 12.7. The third kappa shape index (κ3) is 4.85. The number of nitrogens with zero attached hydrogens (tertiary/aromatic N) is 1. The predicted octanol–water partition coefficient (Wildman–Crippen LogP) is 3.19. The molecule has 3 heterocycles. The molecule has 2 aliphatic heterocycles. The van der Waals surface area contributed by atoms with Crippen LogP contribution in [-0.2, 0) is 4.79 Å². The van der Waals surface area contributed by atoms with Crippen molar-refractivity contribution >= 4 is 53.0 Å². The molecule has 0 saturated carbocycles. The van der Waals surface area contributed by atoms with E-state index in [-0.39, 0.29) is 24.2 Å². The number of thioether (sulfide) groups is 1. The Bertz CT molecular complexity index is 771. The van der Waals surface area contributed by atoms with Gasteiger partial charge in [-0.05, 0) is 47.5 Å². The minimum Gasteiger partial charge on any atom is -0.338 e. The highest BCUT2D eigenvalue weighted by Crippen LogP contribution is 2.28. The van der Waals surface area contributed by atoms with E-state index in [0.29, 0.717) is 23.2 Å². The summed E-state index contributed by atoms with van der Waals surface area (Å²) in [6, 6.07) is 11.2. The SMILES string of the molecule is Cl.O=C(CSc1cccs1)Nc1ccc(C(=O)N2C[C@H]3CNC[C@H]3C2)cc1. The Kier molecular flexibility index (Phi) is 6.81. The molecular formula is C19H22ClN3O2S2. The highest BCUT2D eigenvalue weighted by molar-refractivity contribution is 8.01. The minimum atomic E-state index is -0.0395. The van der Waals surface area contributed by atoms with E-state index in [4.69, 9.17) is 0 Å². The summed E-state index contributed by atoms with van der Waals surface area (Å²) in [5.41, 5.74) is 1.41. The Morgan fingerprint density at radius 2 is 1.85 bits per heavy atom. The number of carbonyl (C=O) groups is 2. The first kappa shape index (κ1) is 20.2. The zero-order valence-corrected chi connectivity index (χ0v) is 17.2. The molecule has 2 amide bonds. The zero-order valence-electron chi connectivity index (χ0n) is 14.7. The summed E-state index contributed by atoms with van der Waals surface area (Å²) in [7, 11) is 0. The maximum atomic E-state index is 12.7. The van der Waals surface area contributed by atoms with Crippen LogP contribution in [0.15, 0.2) is 46.0 Å². The third-order valence-corrected chi connectivity index (χ3v) is 7.06. The Labute approximate surface area is 173 Å². The quantitative estimate of drug-likeness (QED) is 0.725. The van der Waals surface area contributed by atoms with Gasteiger partial charge in [0.25, 0.3) is 5.91 Å². The van der Waals surface area contributed by atoms with E-state index in [1.54, 1.807) is 35.6 Å². The molecule has 1 aromatic carbocycles. The number of hydrogen-bond donors (Lipinski definition) is 2. The molecule has 2 aromatic rings. The summed E-state index contributed by atoms with van der Waals surface area (Å²) in [5.74, 6) is 1.62. The van der Waals surface area contributed by atoms with Gasteiger partial charge in [0.2, 0.25) is 5.91 Å². The minimum absolute atomic E-state index is 0. The number of nitrogens with one attached hydrogen (secondary N) is 2. The molecule has 2 aliphatic rings. The van der Waals surface area contributed by atoms with Gasteiger partial charge in [-0.25, -0.2) is 0 Å². The van der Waals surface area contributed by atoms with Gasteiger partial charge in [-0.1, -0.05) is 6.07 Å². The summed E-state index contributed by atoms with van der Waals surface area (Å²) in [6.07, 6.45) is 0. The van der Waals surface area contributed by atoms with Crippen LogP contribution in [-0.4, -0.2) is 48.6 Å². The number of benzene rings is 1. The summed E-state index contributed by atoms with van der Waals surface area (Å²) in [5, 5.41) is 8.27. The van der Waals surface area contributed by atoms with Crippen molar-refractivity contribution in [3.8, 4) is 0 Å². The third-order valence-electron chi connectivity index (χ3n) is 4.93. The molecule has 5 nitrogen and oxygen atoms in total. The van der Waals surface area contributed by atoms with Crippen molar-refractivity contribution in [1.29, 1.82) is 0 Å². The lowest BCUT2D eigenvalue weighted by atomic mass is 10.0. The van der Waals surface area contributed by atoms with Gasteiger partial charge in [-0.3, -0.25) is 9.59 Å². The molecule has 0 unspecified atom stereocenters. The summed E-state index contributed by atoms with van der Waals surface area (Å²) >= 11 is 3.16. The number of hydrogen-bond acceptors (Lipinski definition) is 5. The lowest BCUT2D eigenvalue weighted by Gasteiger charge is -2.17. The monoisotopic (exact) mass is 423 g/mol. The molecule has 0 radical (unpaired) electrons. The normalized spacial score (nSPS) is 20.8. The van der Waals surface area contributed by atoms with Crippen LogP contribution in [0.3, 0.4) is 0 Å². The Balaban J connectivity index is 0.00000210. The highest BCUT2D eigenvalue weighted by atomic mass is 35.5. The molecule has 2 atom stereocenters. The number of rotatable bonds is 5. The smallest absolute Gasteiger partial charge is 0.253 e. The highest BCUT2D eigenvalue weighted by Gasteiger charge is 2.38. The Morgan fingerprint density at radius 3 is 2.48 bits per heavy atom. The Morgan fingerprint density at radius 1 is 1.15 bits per heavy atom. The fourth-order valence-corrected chi connectivity index (χ4v) is 5.16. The van der Waals surface area contributed by atoms with Crippen LogP contribution < -0.4 is 10.6 Å². The number of carbonyl (C=O) groups excluding carboxylic acids is 2. The molecule has 2 fully saturated rings. The first-order chi connectivity index (χ1) is 12.7. The van der Waals surface area contributed by atoms with Crippen LogP contribution in [0, 0.1) is 11.8 Å². The standard InChI is InChI=1S/C19H21N3O2S2.ClH/c23-17(12-26-18-2-1-7-25-18)21-16-5-3-13(4-6-16)19(24)22-10-14-8-20-9-15(14)11-22;/h1-7,14-15,20H,8-12H2,(H,21,23);1H/t14-,15+;. The first-order valence-electron chi connectivity index (χ1n) is 8.75. The largest absolute Gasteiger partial charge is 0.338 e. The molecule has 2 saturated heterocycles. The van der Waals surface area contributed by atoms with E-state index in [1.165, 1.54) is 11.8 Å². The van der Waals surface area contributed by atoms with Crippen molar-refractivity contribution in [2.75, 3.05) is 37.2 Å². The van der Waals surface area contributed by atoms with Crippen LogP contribution in [0.4, 0.5) is 5.69 Å². The molecule has 144 valence electrons. The van der Waals surface area contributed by atoms with Crippen molar-refractivity contribution in [3.63, 3.8) is 0 Å². The molecule has 2 N–H and O–H groups in total. The molecule has 4 rings (SSSR count). The lowest BCUT2D eigenvalue weighted by molar-refractivity contribution is -0.113. The van der Waals surface area contributed by atoms with E-state index in [0.717, 1.165) is 36.1 Å². The van der Waals surface area contributed by atoms with Crippen molar-refractivity contribution < 1.29 is 9.59 Å². The van der Waals surface area contributed by atoms with Crippen molar-refractivity contribution in [3.05, 3.63) is 47.3 Å². The van der Waals surface area contributed by atoms with E-state index in [9.17, 15) is 9.59 Å². The summed E-state index contributed by atoms with van der Waals surface area (Å²) in [6.45, 7) is 3.72. The average molecular weight is 424 g/mol. The number of fused-ring (bicyclic) bond motifs is 1. The van der Waals surface area contributed by atoms with E-state index in [2.05, 4.69) is 10.6 Å². The molecule has 27 heavy (non-hydrogen) atoms. The van der Waals surface area contributed by atoms with Crippen molar-refractivity contribution in [1.82, 2.24) is 10.2 Å². The zero-order chi connectivity index (χ0) is 17.9. The maximum Gasteiger partial charge on any atom is 0.253 e. The number of thiophene rings is 1. The Hall–Kier alpha value is -1.54. The molecule has 0 aliphatic carbocycles. The second-order valence-electron chi connectivity index (χ2n) is 6.73.